The number of carbonyl (C=O) groups excluding carboxylic acids is 1. The minimum Gasteiger partial charge on any atom is -0.388 e. The van der Waals surface area contributed by atoms with Crippen LogP contribution in [0, 0.1) is 0 Å². The fourth-order valence-corrected chi connectivity index (χ4v) is 2.16. The lowest BCUT2D eigenvalue weighted by atomic mass is 10.1. The number of β-amino-alcohol motifs (C(OH)–C–C–N with tert-alkyl or cyclic N) is 1. The van der Waals surface area contributed by atoms with Gasteiger partial charge in [-0.3, -0.25) is 4.79 Å². The maximum absolute atomic E-state index is 12.2. The van der Waals surface area contributed by atoms with Crippen LogP contribution in [0.5, 0.6) is 0 Å². The highest BCUT2D eigenvalue weighted by atomic mass is 16.3. The molecule has 4 nitrogen and oxygen atoms in total. The van der Waals surface area contributed by atoms with Crippen LogP contribution in [0.15, 0.2) is 18.3 Å². The summed E-state index contributed by atoms with van der Waals surface area (Å²) in [5.41, 5.74) is -0.0144. The molecule has 0 aromatic carbocycles. The SMILES string of the molecule is CCn1cccc1C(=O)N1CCC(C)(O)C1. The van der Waals surface area contributed by atoms with E-state index in [9.17, 15) is 9.90 Å². The smallest absolute Gasteiger partial charge is 0.270 e. The molecular formula is C12H18N2O2. The number of rotatable bonds is 2. The van der Waals surface area contributed by atoms with Gasteiger partial charge < -0.3 is 14.6 Å². The Bertz CT molecular complexity index is 395. The van der Waals surface area contributed by atoms with Crippen molar-refractivity contribution in [1.29, 1.82) is 0 Å². The molecule has 1 N–H and O–H groups in total. The average Bonchev–Trinajstić information content (AvgIpc) is 2.82. The van der Waals surface area contributed by atoms with E-state index in [1.807, 2.05) is 29.8 Å². The zero-order chi connectivity index (χ0) is 11.8. The Kier molecular flexibility index (Phi) is 2.76. The Balaban J connectivity index is 2.15. The van der Waals surface area contributed by atoms with Gasteiger partial charge in [-0.15, -0.1) is 0 Å². The Morgan fingerprint density at radius 3 is 2.94 bits per heavy atom. The van der Waals surface area contributed by atoms with Crippen LogP contribution >= 0.6 is 0 Å². The van der Waals surface area contributed by atoms with Gasteiger partial charge in [-0.05, 0) is 32.4 Å². The molecule has 1 atom stereocenters. The zero-order valence-electron chi connectivity index (χ0n) is 9.81. The van der Waals surface area contributed by atoms with Gasteiger partial charge in [0, 0.05) is 25.8 Å². The first kappa shape index (κ1) is 11.2. The minimum absolute atomic E-state index is 0.0182. The van der Waals surface area contributed by atoms with Crippen molar-refractivity contribution in [2.24, 2.45) is 0 Å². The Hall–Kier alpha value is -1.29. The van der Waals surface area contributed by atoms with Crippen LogP contribution in [0.25, 0.3) is 0 Å². The normalized spacial score (nSPS) is 25.1. The summed E-state index contributed by atoms with van der Waals surface area (Å²) >= 11 is 0. The summed E-state index contributed by atoms with van der Waals surface area (Å²) in [6, 6.07) is 3.71. The molecule has 2 heterocycles. The van der Waals surface area contributed by atoms with Crippen molar-refractivity contribution in [3.8, 4) is 0 Å². The second-order valence-corrected chi connectivity index (χ2v) is 4.65. The van der Waals surface area contributed by atoms with Gasteiger partial charge in [-0.1, -0.05) is 0 Å². The third-order valence-electron chi connectivity index (χ3n) is 3.13. The van der Waals surface area contributed by atoms with Crippen molar-refractivity contribution < 1.29 is 9.90 Å². The summed E-state index contributed by atoms with van der Waals surface area (Å²) in [4.78, 5) is 13.9. The Morgan fingerprint density at radius 1 is 1.62 bits per heavy atom. The van der Waals surface area contributed by atoms with Gasteiger partial charge in [-0.25, -0.2) is 0 Å². The summed E-state index contributed by atoms with van der Waals surface area (Å²) in [6.45, 7) is 5.65. The van der Waals surface area contributed by atoms with E-state index in [-0.39, 0.29) is 5.91 Å². The summed E-state index contributed by atoms with van der Waals surface area (Å²) in [6.07, 6.45) is 2.56. The van der Waals surface area contributed by atoms with Crippen molar-refractivity contribution in [2.45, 2.75) is 32.4 Å². The number of amides is 1. The third kappa shape index (κ3) is 1.97. The van der Waals surface area contributed by atoms with Crippen molar-refractivity contribution in [3.05, 3.63) is 24.0 Å². The van der Waals surface area contributed by atoms with Crippen LogP contribution in [0.3, 0.4) is 0 Å². The number of nitrogens with zero attached hydrogens (tertiary/aromatic N) is 2. The molecule has 1 aliphatic heterocycles. The largest absolute Gasteiger partial charge is 0.388 e. The van der Waals surface area contributed by atoms with Crippen LogP contribution in [-0.4, -0.2) is 39.2 Å². The topological polar surface area (TPSA) is 45.5 Å². The van der Waals surface area contributed by atoms with Crippen molar-refractivity contribution in [1.82, 2.24) is 9.47 Å². The fraction of sp³-hybridized carbons (Fsp3) is 0.583. The zero-order valence-corrected chi connectivity index (χ0v) is 9.81. The number of hydrogen-bond acceptors (Lipinski definition) is 2. The van der Waals surface area contributed by atoms with E-state index in [4.69, 9.17) is 0 Å². The molecule has 88 valence electrons. The van der Waals surface area contributed by atoms with Gasteiger partial charge in [0.15, 0.2) is 0 Å². The van der Waals surface area contributed by atoms with Crippen molar-refractivity contribution in [3.63, 3.8) is 0 Å². The predicted molar refractivity (Wildman–Crippen MR) is 61.3 cm³/mol. The number of aromatic nitrogens is 1. The van der Waals surface area contributed by atoms with E-state index in [2.05, 4.69) is 0 Å². The highest BCUT2D eigenvalue weighted by Gasteiger charge is 2.34. The molecule has 2 rings (SSSR count). The molecule has 1 fully saturated rings. The van der Waals surface area contributed by atoms with Crippen LogP contribution in [0.1, 0.15) is 30.8 Å². The molecule has 1 aromatic heterocycles. The Labute approximate surface area is 95.5 Å². The standard InChI is InChI=1S/C12H18N2O2/c1-3-13-7-4-5-10(13)11(15)14-8-6-12(2,16)9-14/h4-5,7,16H,3,6,8-9H2,1-2H3. The summed E-state index contributed by atoms with van der Waals surface area (Å²) in [5.74, 6) is 0.0182. The van der Waals surface area contributed by atoms with Crippen molar-refractivity contribution in [2.75, 3.05) is 13.1 Å². The van der Waals surface area contributed by atoms with E-state index in [0.717, 1.165) is 6.54 Å². The highest BCUT2D eigenvalue weighted by Crippen LogP contribution is 2.22. The lowest BCUT2D eigenvalue weighted by molar-refractivity contribution is 0.0566. The molecule has 0 spiro atoms. The monoisotopic (exact) mass is 222 g/mol. The molecule has 1 amide bonds. The molecule has 16 heavy (non-hydrogen) atoms. The van der Waals surface area contributed by atoms with Crippen LogP contribution in [0.4, 0.5) is 0 Å². The summed E-state index contributed by atoms with van der Waals surface area (Å²) in [7, 11) is 0. The lowest BCUT2D eigenvalue weighted by Gasteiger charge is -2.19. The van der Waals surface area contributed by atoms with Crippen LogP contribution in [-0.2, 0) is 6.54 Å². The highest BCUT2D eigenvalue weighted by molar-refractivity contribution is 5.93. The summed E-state index contributed by atoms with van der Waals surface area (Å²) < 4.78 is 1.93. The predicted octanol–water partition coefficient (Wildman–Crippen LogP) is 1.10. The quantitative estimate of drug-likeness (QED) is 0.814. The molecule has 0 aliphatic carbocycles. The first-order chi connectivity index (χ1) is 7.53. The van der Waals surface area contributed by atoms with Crippen LogP contribution < -0.4 is 0 Å². The molecule has 4 heteroatoms. The Morgan fingerprint density at radius 2 is 2.38 bits per heavy atom. The van der Waals surface area contributed by atoms with Gasteiger partial charge in [0.1, 0.15) is 5.69 Å². The second-order valence-electron chi connectivity index (χ2n) is 4.65. The van der Waals surface area contributed by atoms with E-state index in [1.165, 1.54) is 0 Å². The minimum atomic E-state index is -0.723. The van der Waals surface area contributed by atoms with E-state index in [0.29, 0.717) is 25.2 Å². The van der Waals surface area contributed by atoms with Crippen LogP contribution in [0.2, 0.25) is 0 Å². The fourth-order valence-electron chi connectivity index (χ4n) is 2.16. The number of carbonyl (C=O) groups is 1. The maximum Gasteiger partial charge on any atom is 0.270 e. The van der Waals surface area contributed by atoms with E-state index < -0.39 is 5.60 Å². The number of aliphatic hydroxyl groups is 1. The average molecular weight is 222 g/mol. The van der Waals surface area contributed by atoms with Gasteiger partial charge in [-0.2, -0.15) is 0 Å². The first-order valence-corrected chi connectivity index (χ1v) is 5.70. The number of aryl methyl sites for hydroxylation is 1. The van der Waals surface area contributed by atoms with Gasteiger partial charge >= 0.3 is 0 Å². The van der Waals surface area contributed by atoms with Gasteiger partial charge in [0.05, 0.1) is 5.60 Å². The van der Waals surface area contributed by atoms with Gasteiger partial charge in [0.2, 0.25) is 0 Å². The molecule has 1 aliphatic rings. The maximum atomic E-state index is 12.2. The molecule has 1 unspecified atom stereocenters. The van der Waals surface area contributed by atoms with E-state index >= 15 is 0 Å². The molecular weight excluding hydrogens is 204 g/mol. The number of likely N-dealkylation sites (tertiary alicyclic amines) is 1. The molecule has 0 bridgehead atoms. The molecule has 0 radical (unpaired) electrons. The molecule has 1 saturated heterocycles. The second kappa shape index (κ2) is 3.94. The number of hydrogen-bond donors (Lipinski definition) is 1. The van der Waals surface area contributed by atoms with Crippen molar-refractivity contribution >= 4 is 5.91 Å². The lowest BCUT2D eigenvalue weighted by Crippen LogP contribution is -2.34. The van der Waals surface area contributed by atoms with Gasteiger partial charge in [0.25, 0.3) is 5.91 Å². The molecule has 1 aromatic rings. The summed E-state index contributed by atoms with van der Waals surface area (Å²) in [5, 5.41) is 9.84. The van der Waals surface area contributed by atoms with E-state index in [1.54, 1.807) is 11.8 Å². The molecule has 0 saturated carbocycles. The third-order valence-corrected chi connectivity index (χ3v) is 3.13. The first-order valence-electron chi connectivity index (χ1n) is 5.70.